The Morgan fingerprint density at radius 2 is 2.13 bits per heavy atom. The molecule has 4 rings (SSSR count). The van der Waals surface area contributed by atoms with Gasteiger partial charge in [0.15, 0.2) is 11.9 Å². The second kappa shape index (κ2) is 7.75. The van der Waals surface area contributed by atoms with Gasteiger partial charge in [-0.2, -0.15) is 0 Å². The normalized spacial score (nSPS) is 31.6. The minimum atomic E-state index is -1.31. The van der Waals surface area contributed by atoms with Crippen molar-refractivity contribution in [1.29, 1.82) is 0 Å². The zero-order chi connectivity index (χ0) is 21.4. The minimum absolute atomic E-state index is 0.182. The molecule has 30 heavy (non-hydrogen) atoms. The van der Waals surface area contributed by atoms with E-state index in [1.807, 2.05) is 50.3 Å². The molecule has 0 N–H and O–H groups in total. The van der Waals surface area contributed by atoms with E-state index >= 15 is 0 Å². The molecule has 9 heteroatoms. The van der Waals surface area contributed by atoms with Gasteiger partial charge >= 0.3 is 5.97 Å². The molecule has 0 radical (unpaired) electrons. The second-order valence-electron chi connectivity index (χ2n) is 8.03. The summed E-state index contributed by atoms with van der Waals surface area (Å²) in [6.45, 7) is 4.16. The third-order valence-corrected chi connectivity index (χ3v) is 5.74. The Morgan fingerprint density at radius 1 is 1.37 bits per heavy atom. The average molecular weight is 412 g/mol. The summed E-state index contributed by atoms with van der Waals surface area (Å²) in [6, 6.07) is 9.41. The van der Waals surface area contributed by atoms with E-state index in [4.69, 9.17) is 29.5 Å². The number of azide groups is 1. The Kier molecular flexibility index (Phi) is 5.27. The van der Waals surface area contributed by atoms with E-state index in [0.717, 1.165) is 11.1 Å². The summed E-state index contributed by atoms with van der Waals surface area (Å²) >= 11 is 0. The lowest BCUT2D eigenvalue weighted by molar-refractivity contribution is -0.164. The van der Waals surface area contributed by atoms with Crippen LogP contribution in [0.5, 0.6) is 0 Å². The molecule has 1 aromatic carbocycles. The number of fused-ring (bicyclic) bond motifs is 1. The Bertz CT molecular complexity index is 938. The van der Waals surface area contributed by atoms with E-state index in [1.54, 1.807) is 0 Å². The fourth-order valence-corrected chi connectivity index (χ4v) is 4.40. The van der Waals surface area contributed by atoms with E-state index in [-0.39, 0.29) is 6.54 Å². The van der Waals surface area contributed by atoms with E-state index in [2.05, 4.69) is 10.0 Å². The van der Waals surface area contributed by atoms with Gasteiger partial charge in [0.1, 0.15) is 0 Å². The lowest BCUT2D eigenvalue weighted by atomic mass is 9.69. The van der Waals surface area contributed by atoms with Gasteiger partial charge in [-0.1, -0.05) is 28.9 Å². The first-order chi connectivity index (χ1) is 14.4. The van der Waals surface area contributed by atoms with E-state index < -0.39 is 35.4 Å². The number of rotatable bonds is 5. The smallest absolute Gasteiger partial charge is 0.338 e. The fraction of sp³-hybridized carbons (Fsp3) is 0.524. The van der Waals surface area contributed by atoms with Gasteiger partial charge in [0.25, 0.3) is 0 Å². The van der Waals surface area contributed by atoms with E-state index in [9.17, 15) is 4.79 Å². The maximum Gasteiger partial charge on any atom is 0.338 e. The Balaban J connectivity index is 1.81. The largest absolute Gasteiger partial charge is 0.467 e. The van der Waals surface area contributed by atoms with Gasteiger partial charge in [-0.25, -0.2) is 9.79 Å². The quantitative estimate of drug-likeness (QED) is 0.242. The van der Waals surface area contributed by atoms with Crippen LogP contribution in [0.25, 0.3) is 10.4 Å². The highest BCUT2D eigenvalue weighted by Crippen LogP contribution is 2.47. The highest BCUT2D eigenvalue weighted by molar-refractivity contribution is 6.00. The summed E-state index contributed by atoms with van der Waals surface area (Å²) in [6.07, 6.45) is 1.17. The van der Waals surface area contributed by atoms with Crippen LogP contribution in [-0.2, 0) is 23.7 Å². The molecule has 1 aromatic rings. The molecule has 158 valence electrons. The summed E-state index contributed by atoms with van der Waals surface area (Å²) in [5.41, 5.74) is 9.07. The van der Waals surface area contributed by atoms with Crippen molar-refractivity contribution in [2.45, 2.75) is 43.8 Å². The monoisotopic (exact) mass is 412 g/mol. The van der Waals surface area contributed by atoms with Crippen molar-refractivity contribution in [3.8, 4) is 0 Å². The van der Waals surface area contributed by atoms with Gasteiger partial charge < -0.3 is 18.9 Å². The van der Waals surface area contributed by atoms with Crippen molar-refractivity contribution in [1.82, 2.24) is 0 Å². The molecule has 3 aliphatic rings. The number of carbonyl (C=O) groups excluding carboxylic acids is 1. The average Bonchev–Trinajstić information content (AvgIpc) is 3.32. The lowest BCUT2D eigenvalue weighted by Gasteiger charge is -2.41. The van der Waals surface area contributed by atoms with Crippen LogP contribution in [0, 0.1) is 5.92 Å². The van der Waals surface area contributed by atoms with Crippen LogP contribution in [-0.4, -0.2) is 55.7 Å². The van der Waals surface area contributed by atoms with Gasteiger partial charge in [-0.05, 0) is 44.0 Å². The number of methoxy groups -OCH3 is 1. The summed E-state index contributed by atoms with van der Waals surface area (Å²) in [5, 5.41) is 3.70. The molecule has 1 saturated heterocycles. The second-order valence-corrected chi connectivity index (χ2v) is 8.03. The molecule has 1 fully saturated rings. The first kappa shape index (κ1) is 20.4. The molecular weight excluding hydrogens is 388 g/mol. The van der Waals surface area contributed by atoms with Gasteiger partial charge in [0.05, 0.1) is 19.8 Å². The lowest BCUT2D eigenvalue weighted by Crippen LogP contribution is -2.58. The molecule has 9 nitrogen and oxygen atoms in total. The Morgan fingerprint density at radius 3 is 2.77 bits per heavy atom. The summed E-state index contributed by atoms with van der Waals surface area (Å²) in [5.74, 6) is -1.30. The number of aliphatic imine (C=N–C) groups is 1. The number of esters is 1. The standard InChI is InChI=1S/C21H24N4O5/c1-20(2)28-12-16(30-20)15-9-13(11-23-25-22)10-17-21(15,19(26)27-3)24-18(29-17)14-7-5-4-6-8-14/h4-8,10,15-17H,9,11-12H2,1-3H3/t15-,16-,17-,21+/m0/s1. The van der Waals surface area contributed by atoms with Gasteiger partial charge in [-0.15, -0.1) is 0 Å². The SMILES string of the molecule is COC(=O)[C@]12N=C(c3ccccc3)O[C@H]1C=C(CN=[N+]=[N-])C[C@H]2[C@@H]1COC(C)(C)O1. The van der Waals surface area contributed by atoms with E-state index in [0.29, 0.717) is 18.9 Å². The summed E-state index contributed by atoms with van der Waals surface area (Å²) in [7, 11) is 1.34. The zero-order valence-corrected chi connectivity index (χ0v) is 17.1. The molecule has 2 aliphatic heterocycles. The van der Waals surface area contributed by atoms with Crippen LogP contribution in [0.4, 0.5) is 0 Å². The molecule has 0 amide bonds. The molecule has 4 atom stereocenters. The first-order valence-corrected chi connectivity index (χ1v) is 9.82. The molecule has 0 spiro atoms. The highest BCUT2D eigenvalue weighted by atomic mass is 16.7. The molecular formula is C21H24N4O5. The molecule has 0 saturated carbocycles. The first-order valence-electron chi connectivity index (χ1n) is 9.82. The van der Waals surface area contributed by atoms with Crippen LogP contribution in [0.3, 0.4) is 0 Å². The topological polar surface area (TPSA) is 115 Å². The molecule has 0 bridgehead atoms. The molecule has 2 heterocycles. The predicted molar refractivity (Wildman–Crippen MR) is 108 cm³/mol. The minimum Gasteiger partial charge on any atom is -0.467 e. The number of ether oxygens (including phenoxy) is 4. The van der Waals surface area contributed by atoms with Crippen LogP contribution >= 0.6 is 0 Å². The maximum atomic E-state index is 13.2. The Labute approximate surface area is 174 Å². The van der Waals surface area contributed by atoms with Crippen molar-refractivity contribution >= 4 is 11.9 Å². The summed E-state index contributed by atoms with van der Waals surface area (Å²) in [4.78, 5) is 20.8. The maximum absolute atomic E-state index is 13.2. The van der Waals surface area contributed by atoms with Gasteiger partial charge in [-0.3, -0.25) is 0 Å². The van der Waals surface area contributed by atoms with Gasteiger partial charge in [0.2, 0.25) is 11.4 Å². The van der Waals surface area contributed by atoms with Crippen LogP contribution in [0.2, 0.25) is 0 Å². The van der Waals surface area contributed by atoms with Crippen molar-refractivity contribution < 1.29 is 23.7 Å². The third kappa shape index (κ3) is 3.45. The summed E-state index contributed by atoms with van der Waals surface area (Å²) < 4.78 is 23.3. The van der Waals surface area contributed by atoms with Gasteiger partial charge in [0, 0.05) is 22.9 Å². The number of hydrogen-bond donors (Lipinski definition) is 0. The van der Waals surface area contributed by atoms with Crippen molar-refractivity contribution in [2.24, 2.45) is 16.0 Å². The van der Waals surface area contributed by atoms with Crippen molar-refractivity contribution in [3.63, 3.8) is 0 Å². The van der Waals surface area contributed by atoms with Crippen LogP contribution in [0.1, 0.15) is 25.8 Å². The molecule has 0 unspecified atom stereocenters. The fourth-order valence-electron chi connectivity index (χ4n) is 4.40. The van der Waals surface area contributed by atoms with Crippen molar-refractivity contribution in [2.75, 3.05) is 20.3 Å². The predicted octanol–water partition coefficient (Wildman–Crippen LogP) is 3.15. The van der Waals surface area contributed by atoms with Crippen LogP contribution in [0.15, 0.2) is 52.1 Å². The number of carbonyl (C=O) groups is 1. The highest BCUT2D eigenvalue weighted by Gasteiger charge is 2.63. The number of benzene rings is 1. The zero-order valence-electron chi connectivity index (χ0n) is 17.1. The number of hydrogen-bond acceptors (Lipinski definition) is 7. The van der Waals surface area contributed by atoms with E-state index in [1.165, 1.54) is 7.11 Å². The number of nitrogens with zero attached hydrogens (tertiary/aromatic N) is 4. The third-order valence-electron chi connectivity index (χ3n) is 5.74. The molecule has 1 aliphatic carbocycles. The Hall–Kier alpha value is -2.87. The molecule has 0 aromatic heterocycles. The van der Waals surface area contributed by atoms with Crippen molar-refractivity contribution in [3.05, 3.63) is 58.0 Å². The van der Waals surface area contributed by atoms with Crippen LogP contribution < -0.4 is 0 Å².